The number of hydrogen-bond acceptors (Lipinski definition) is 3. The Labute approximate surface area is 102 Å². The lowest BCUT2D eigenvalue weighted by Crippen LogP contribution is -2.53. The van der Waals surface area contributed by atoms with Crippen LogP contribution in [0.2, 0.25) is 0 Å². The van der Waals surface area contributed by atoms with Gasteiger partial charge < -0.3 is 5.11 Å². The van der Waals surface area contributed by atoms with Gasteiger partial charge >= 0.3 is 0 Å². The average Bonchev–Trinajstić information content (AvgIpc) is 2.25. The minimum atomic E-state index is -3.40. The molecule has 1 aliphatic rings. The Morgan fingerprint density at radius 2 is 1.76 bits per heavy atom. The first kappa shape index (κ1) is 12.5. The van der Waals surface area contributed by atoms with Crippen LogP contribution in [0, 0.1) is 0 Å². The summed E-state index contributed by atoms with van der Waals surface area (Å²) in [5.74, 6) is 0.387. The third-order valence-electron chi connectivity index (χ3n) is 3.01. The number of aliphatic hydroxyl groups is 1. The van der Waals surface area contributed by atoms with Crippen LogP contribution in [0.1, 0.15) is 25.3 Å². The minimum absolute atomic E-state index is 0.203. The van der Waals surface area contributed by atoms with E-state index in [1.54, 1.807) is 12.1 Å². The van der Waals surface area contributed by atoms with Crippen LogP contribution in [0.4, 0.5) is 0 Å². The number of rotatable bonds is 3. The largest absolute Gasteiger partial charge is 0.390 e. The van der Waals surface area contributed by atoms with Crippen molar-refractivity contribution in [1.29, 1.82) is 0 Å². The Kier molecular flexibility index (Phi) is 3.25. The molecular formula is C12H17NO3S. The highest BCUT2D eigenvalue weighted by atomic mass is 32.2. The third kappa shape index (κ3) is 2.36. The number of nitrogens with zero attached hydrogens (tertiary/aromatic N) is 1. The molecule has 1 aromatic rings. The van der Waals surface area contributed by atoms with Crippen LogP contribution < -0.4 is 0 Å². The van der Waals surface area contributed by atoms with E-state index in [-0.39, 0.29) is 13.1 Å². The number of benzene rings is 1. The number of β-amino-alcohol motifs (C(OH)–C–C–N with tert-alkyl or cyclic N) is 1. The molecule has 0 radical (unpaired) electrons. The summed E-state index contributed by atoms with van der Waals surface area (Å²) in [6, 6.07) is 6.95. The topological polar surface area (TPSA) is 57.6 Å². The Morgan fingerprint density at radius 1 is 1.24 bits per heavy atom. The van der Waals surface area contributed by atoms with Crippen molar-refractivity contribution in [3.8, 4) is 0 Å². The molecule has 0 aliphatic carbocycles. The van der Waals surface area contributed by atoms with Gasteiger partial charge in [0.1, 0.15) is 0 Å². The number of sulfonamides is 1. The van der Waals surface area contributed by atoms with Crippen molar-refractivity contribution in [2.45, 2.75) is 30.8 Å². The highest BCUT2D eigenvalue weighted by molar-refractivity contribution is 7.89. The van der Waals surface area contributed by atoms with Crippen LogP contribution in [0.15, 0.2) is 29.2 Å². The van der Waals surface area contributed by atoms with Crippen molar-refractivity contribution >= 4 is 10.0 Å². The van der Waals surface area contributed by atoms with Gasteiger partial charge in [0.15, 0.2) is 0 Å². The lowest BCUT2D eigenvalue weighted by molar-refractivity contribution is 0.0548. The maximum Gasteiger partial charge on any atom is 0.243 e. The molecule has 0 saturated carbocycles. The molecule has 17 heavy (non-hydrogen) atoms. The fourth-order valence-electron chi connectivity index (χ4n) is 1.79. The zero-order valence-corrected chi connectivity index (χ0v) is 10.8. The number of aliphatic hydroxyl groups excluding tert-OH is 1. The maximum atomic E-state index is 12.1. The van der Waals surface area contributed by atoms with Crippen molar-refractivity contribution in [3.05, 3.63) is 29.8 Å². The molecule has 1 fully saturated rings. The second-order valence-corrected chi connectivity index (χ2v) is 6.64. The van der Waals surface area contributed by atoms with E-state index in [1.165, 1.54) is 4.31 Å². The normalized spacial score (nSPS) is 18.4. The molecule has 1 aliphatic heterocycles. The van der Waals surface area contributed by atoms with Gasteiger partial charge in [-0.25, -0.2) is 8.42 Å². The van der Waals surface area contributed by atoms with Crippen molar-refractivity contribution in [1.82, 2.24) is 4.31 Å². The van der Waals surface area contributed by atoms with Gasteiger partial charge in [-0.3, -0.25) is 0 Å². The molecule has 1 aromatic carbocycles. The molecule has 4 nitrogen and oxygen atoms in total. The molecule has 0 amide bonds. The summed E-state index contributed by atoms with van der Waals surface area (Å²) in [4.78, 5) is 0.300. The van der Waals surface area contributed by atoms with E-state index in [0.717, 1.165) is 5.56 Å². The van der Waals surface area contributed by atoms with Crippen molar-refractivity contribution in [2.75, 3.05) is 13.1 Å². The molecule has 1 N–H and O–H groups in total. The summed E-state index contributed by atoms with van der Waals surface area (Å²) in [7, 11) is -3.40. The van der Waals surface area contributed by atoms with E-state index in [2.05, 4.69) is 13.8 Å². The van der Waals surface area contributed by atoms with E-state index < -0.39 is 16.1 Å². The van der Waals surface area contributed by atoms with Crippen LogP contribution in [-0.2, 0) is 10.0 Å². The lowest BCUT2D eigenvalue weighted by atomic mass is 10.0. The SMILES string of the molecule is CC(C)c1ccc(S(=O)(=O)N2CC(O)C2)cc1. The zero-order valence-electron chi connectivity index (χ0n) is 10.00. The smallest absolute Gasteiger partial charge is 0.243 e. The molecule has 0 spiro atoms. The first-order valence-corrected chi connectivity index (χ1v) is 7.13. The summed E-state index contributed by atoms with van der Waals surface area (Å²) in [5, 5.41) is 9.14. The molecule has 0 aromatic heterocycles. The van der Waals surface area contributed by atoms with Crippen LogP contribution >= 0.6 is 0 Å². The summed E-state index contributed by atoms with van der Waals surface area (Å²) < 4.78 is 25.4. The number of hydrogen-bond donors (Lipinski definition) is 1. The summed E-state index contributed by atoms with van der Waals surface area (Å²) in [6.45, 7) is 4.53. The second-order valence-electron chi connectivity index (χ2n) is 4.70. The van der Waals surface area contributed by atoms with Gasteiger partial charge in [-0.1, -0.05) is 26.0 Å². The molecule has 94 valence electrons. The lowest BCUT2D eigenvalue weighted by Gasteiger charge is -2.34. The van der Waals surface area contributed by atoms with E-state index in [4.69, 9.17) is 5.11 Å². The molecule has 0 bridgehead atoms. The van der Waals surface area contributed by atoms with E-state index in [1.807, 2.05) is 12.1 Å². The minimum Gasteiger partial charge on any atom is -0.390 e. The summed E-state index contributed by atoms with van der Waals surface area (Å²) in [6.07, 6.45) is -0.514. The van der Waals surface area contributed by atoms with Gasteiger partial charge in [0, 0.05) is 13.1 Å². The average molecular weight is 255 g/mol. The second kappa shape index (κ2) is 4.40. The highest BCUT2D eigenvalue weighted by Gasteiger charge is 2.35. The van der Waals surface area contributed by atoms with Gasteiger partial charge in [0.2, 0.25) is 10.0 Å². The zero-order chi connectivity index (χ0) is 12.6. The van der Waals surface area contributed by atoms with Crippen LogP contribution in [0.25, 0.3) is 0 Å². The standard InChI is InChI=1S/C12H17NO3S/c1-9(2)10-3-5-12(6-4-10)17(15,16)13-7-11(14)8-13/h3-6,9,11,14H,7-8H2,1-2H3. The van der Waals surface area contributed by atoms with Gasteiger partial charge in [-0.05, 0) is 23.6 Å². The monoisotopic (exact) mass is 255 g/mol. The predicted octanol–water partition coefficient (Wildman–Crippen LogP) is 1.18. The molecule has 1 saturated heterocycles. The van der Waals surface area contributed by atoms with E-state index in [0.29, 0.717) is 10.8 Å². The van der Waals surface area contributed by atoms with Crippen LogP contribution in [-0.4, -0.2) is 37.0 Å². The van der Waals surface area contributed by atoms with Crippen molar-refractivity contribution in [3.63, 3.8) is 0 Å². The first-order chi connectivity index (χ1) is 7.91. The highest BCUT2D eigenvalue weighted by Crippen LogP contribution is 2.23. The van der Waals surface area contributed by atoms with E-state index in [9.17, 15) is 8.42 Å². The Hall–Kier alpha value is -0.910. The molecule has 2 rings (SSSR count). The Bertz CT molecular complexity index is 487. The van der Waals surface area contributed by atoms with E-state index >= 15 is 0 Å². The first-order valence-electron chi connectivity index (χ1n) is 5.69. The van der Waals surface area contributed by atoms with Gasteiger partial charge in [0.25, 0.3) is 0 Å². The Morgan fingerprint density at radius 3 is 2.18 bits per heavy atom. The molecule has 0 atom stereocenters. The fraction of sp³-hybridized carbons (Fsp3) is 0.500. The van der Waals surface area contributed by atoms with Gasteiger partial charge in [-0.2, -0.15) is 4.31 Å². The van der Waals surface area contributed by atoms with Crippen molar-refractivity contribution in [2.24, 2.45) is 0 Å². The van der Waals surface area contributed by atoms with Gasteiger partial charge in [-0.15, -0.1) is 0 Å². The Balaban J connectivity index is 2.22. The quantitative estimate of drug-likeness (QED) is 0.882. The summed E-state index contributed by atoms with van der Waals surface area (Å²) in [5.41, 5.74) is 1.12. The molecular weight excluding hydrogens is 238 g/mol. The molecule has 0 unspecified atom stereocenters. The van der Waals surface area contributed by atoms with Crippen LogP contribution in [0.5, 0.6) is 0 Å². The maximum absolute atomic E-state index is 12.1. The van der Waals surface area contributed by atoms with Crippen LogP contribution in [0.3, 0.4) is 0 Å². The molecule has 5 heteroatoms. The summed E-state index contributed by atoms with van der Waals surface area (Å²) >= 11 is 0. The third-order valence-corrected chi connectivity index (χ3v) is 4.86. The fourth-order valence-corrected chi connectivity index (χ4v) is 3.30. The van der Waals surface area contributed by atoms with Gasteiger partial charge in [0.05, 0.1) is 11.0 Å². The van der Waals surface area contributed by atoms with Crippen molar-refractivity contribution < 1.29 is 13.5 Å². The molecule has 1 heterocycles. The predicted molar refractivity (Wildman–Crippen MR) is 65.3 cm³/mol.